The second kappa shape index (κ2) is 6.17. The first-order valence-electron chi connectivity index (χ1n) is 8.29. The Balaban J connectivity index is 1.70. The third kappa shape index (κ3) is 2.71. The number of rotatable bonds is 3. The Kier molecular flexibility index (Phi) is 3.86. The molecule has 24 heavy (non-hydrogen) atoms. The highest BCUT2D eigenvalue weighted by molar-refractivity contribution is 6.01. The van der Waals surface area contributed by atoms with Crippen LogP contribution in [-0.4, -0.2) is 35.2 Å². The van der Waals surface area contributed by atoms with Crippen LogP contribution in [-0.2, 0) is 4.74 Å². The number of phenolic OH excluding ortho intramolecular Hbond substituents is 1. The highest BCUT2D eigenvalue weighted by Crippen LogP contribution is 2.34. The minimum Gasteiger partial charge on any atom is -0.508 e. The minimum atomic E-state index is -0.266. The van der Waals surface area contributed by atoms with Gasteiger partial charge in [0.25, 0.3) is 5.91 Å². The summed E-state index contributed by atoms with van der Waals surface area (Å²) in [6, 6.07) is 14.5. The summed E-state index contributed by atoms with van der Waals surface area (Å²) >= 11 is 0. The number of amides is 1. The summed E-state index contributed by atoms with van der Waals surface area (Å²) in [4.78, 5) is 14.9. The molecule has 5 heteroatoms. The van der Waals surface area contributed by atoms with E-state index in [2.05, 4.69) is 5.32 Å². The number of hydrogen-bond acceptors (Lipinski definition) is 4. The lowest BCUT2D eigenvalue weighted by molar-refractivity contribution is 0.0427. The number of nitrogens with zero attached hydrogens (tertiary/aromatic N) is 1. The number of aromatic hydroxyl groups is 1. The van der Waals surface area contributed by atoms with Gasteiger partial charge in [-0.15, -0.1) is 0 Å². The van der Waals surface area contributed by atoms with Crippen LogP contribution in [0.5, 0.6) is 5.75 Å². The molecule has 4 rings (SSSR count). The molecule has 2 aliphatic rings. The average molecular weight is 324 g/mol. The Morgan fingerprint density at radius 3 is 2.71 bits per heavy atom. The van der Waals surface area contributed by atoms with Crippen LogP contribution >= 0.6 is 0 Å². The van der Waals surface area contributed by atoms with E-state index in [1.165, 1.54) is 0 Å². The Morgan fingerprint density at radius 2 is 1.96 bits per heavy atom. The Morgan fingerprint density at radius 1 is 1.17 bits per heavy atom. The van der Waals surface area contributed by atoms with Crippen molar-refractivity contribution in [1.82, 2.24) is 4.90 Å². The second-order valence-electron chi connectivity index (χ2n) is 6.28. The molecule has 124 valence electrons. The number of carbonyl (C=O) groups excluding carboxylic acids is 1. The molecular formula is C19H20N2O3. The smallest absolute Gasteiger partial charge is 0.257 e. The number of anilines is 1. The van der Waals surface area contributed by atoms with E-state index >= 15 is 0 Å². The maximum atomic E-state index is 13.0. The molecule has 0 saturated carbocycles. The average Bonchev–Trinajstić information content (AvgIpc) is 3.11. The van der Waals surface area contributed by atoms with E-state index < -0.39 is 0 Å². The van der Waals surface area contributed by atoms with Gasteiger partial charge in [-0.1, -0.05) is 24.3 Å². The summed E-state index contributed by atoms with van der Waals surface area (Å²) < 4.78 is 5.73. The van der Waals surface area contributed by atoms with Crippen molar-refractivity contribution in [2.75, 3.05) is 18.5 Å². The zero-order chi connectivity index (χ0) is 16.5. The summed E-state index contributed by atoms with van der Waals surface area (Å²) in [5, 5.41) is 13.0. The van der Waals surface area contributed by atoms with Crippen molar-refractivity contribution >= 4 is 11.6 Å². The molecular weight excluding hydrogens is 304 g/mol. The monoisotopic (exact) mass is 324 g/mol. The predicted octanol–water partition coefficient (Wildman–Crippen LogP) is 3.14. The van der Waals surface area contributed by atoms with Gasteiger partial charge in [-0.2, -0.15) is 0 Å². The van der Waals surface area contributed by atoms with Crippen molar-refractivity contribution in [3.63, 3.8) is 0 Å². The van der Waals surface area contributed by atoms with E-state index in [1.807, 2.05) is 41.3 Å². The molecule has 1 saturated heterocycles. The van der Waals surface area contributed by atoms with Crippen LogP contribution < -0.4 is 5.32 Å². The standard InChI is InChI=1S/C19H20N2O3/c22-14-9-7-13(8-10-14)18-20-17-6-2-1-5-16(17)19(23)21(18)12-15-4-3-11-24-15/h1-2,5-10,15,18,20,22H,3-4,11-12H2/t15-,18+/m0/s1. The van der Waals surface area contributed by atoms with Crippen LogP contribution in [0, 0.1) is 0 Å². The summed E-state index contributed by atoms with van der Waals surface area (Å²) in [6.45, 7) is 1.33. The van der Waals surface area contributed by atoms with Gasteiger partial charge >= 0.3 is 0 Å². The fourth-order valence-corrected chi connectivity index (χ4v) is 3.41. The lowest BCUT2D eigenvalue weighted by Gasteiger charge is -2.39. The number of hydrogen-bond donors (Lipinski definition) is 2. The van der Waals surface area contributed by atoms with Crippen molar-refractivity contribution in [2.45, 2.75) is 25.1 Å². The Bertz CT molecular complexity index is 739. The third-order valence-electron chi connectivity index (χ3n) is 4.66. The number of fused-ring (bicyclic) bond motifs is 1. The van der Waals surface area contributed by atoms with E-state index in [0.29, 0.717) is 12.1 Å². The van der Waals surface area contributed by atoms with Crippen LogP contribution in [0.3, 0.4) is 0 Å². The lowest BCUT2D eigenvalue weighted by atomic mass is 10.0. The topological polar surface area (TPSA) is 61.8 Å². The molecule has 0 spiro atoms. The van der Waals surface area contributed by atoms with E-state index in [-0.39, 0.29) is 23.9 Å². The van der Waals surface area contributed by atoms with Gasteiger partial charge in [-0.3, -0.25) is 4.79 Å². The van der Waals surface area contributed by atoms with Crippen LogP contribution in [0.15, 0.2) is 48.5 Å². The van der Waals surface area contributed by atoms with Crippen molar-refractivity contribution in [3.05, 3.63) is 59.7 Å². The zero-order valence-electron chi connectivity index (χ0n) is 13.3. The van der Waals surface area contributed by atoms with Crippen LogP contribution in [0.25, 0.3) is 0 Å². The molecule has 0 unspecified atom stereocenters. The molecule has 2 atom stereocenters. The first-order chi connectivity index (χ1) is 11.7. The summed E-state index contributed by atoms with van der Waals surface area (Å²) in [7, 11) is 0. The largest absolute Gasteiger partial charge is 0.508 e. The highest BCUT2D eigenvalue weighted by atomic mass is 16.5. The van der Waals surface area contributed by atoms with Crippen LogP contribution in [0.4, 0.5) is 5.69 Å². The number of ether oxygens (including phenoxy) is 1. The summed E-state index contributed by atoms with van der Waals surface area (Å²) in [5.41, 5.74) is 2.46. The first-order valence-corrected chi connectivity index (χ1v) is 8.29. The number of carbonyl (C=O) groups is 1. The van der Waals surface area contributed by atoms with Gasteiger partial charge in [-0.05, 0) is 42.7 Å². The molecule has 2 heterocycles. The van der Waals surface area contributed by atoms with Gasteiger partial charge in [-0.25, -0.2) is 0 Å². The quantitative estimate of drug-likeness (QED) is 0.910. The fourth-order valence-electron chi connectivity index (χ4n) is 3.41. The molecule has 0 aromatic heterocycles. The van der Waals surface area contributed by atoms with E-state index in [1.54, 1.807) is 12.1 Å². The van der Waals surface area contributed by atoms with E-state index in [4.69, 9.17) is 4.74 Å². The van der Waals surface area contributed by atoms with Crippen LogP contribution in [0.2, 0.25) is 0 Å². The second-order valence-corrected chi connectivity index (χ2v) is 6.28. The number of nitrogens with one attached hydrogen (secondary N) is 1. The molecule has 5 nitrogen and oxygen atoms in total. The molecule has 2 N–H and O–H groups in total. The highest BCUT2D eigenvalue weighted by Gasteiger charge is 2.35. The Hall–Kier alpha value is -2.53. The van der Waals surface area contributed by atoms with Gasteiger partial charge in [0.15, 0.2) is 0 Å². The van der Waals surface area contributed by atoms with E-state index in [9.17, 15) is 9.90 Å². The summed E-state index contributed by atoms with van der Waals surface area (Å²) in [5.74, 6) is 0.227. The molecule has 2 aromatic rings. The molecule has 2 aliphatic heterocycles. The molecule has 0 bridgehead atoms. The Labute approximate surface area is 140 Å². The van der Waals surface area contributed by atoms with Gasteiger partial charge in [0.05, 0.1) is 11.7 Å². The number of phenols is 1. The van der Waals surface area contributed by atoms with E-state index in [0.717, 1.165) is 30.7 Å². The zero-order valence-corrected chi connectivity index (χ0v) is 13.3. The lowest BCUT2D eigenvalue weighted by Crippen LogP contribution is -2.46. The van der Waals surface area contributed by atoms with Crippen LogP contribution in [0.1, 0.15) is 34.9 Å². The van der Waals surface area contributed by atoms with Gasteiger partial charge in [0.1, 0.15) is 11.9 Å². The van der Waals surface area contributed by atoms with Gasteiger partial charge in [0.2, 0.25) is 0 Å². The van der Waals surface area contributed by atoms with Gasteiger partial charge in [0, 0.05) is 18.8 Å². The molecule has 2 aromatic carbocycles. The van der Waals surface area contributed by atoms with Crippen molar-refractivity contribution < 1.29 is 14.6 Å². The number of benzene rings is 2. The number of para-hydroxylation sites is 1. The van der Waals surface area contributed by atoms with Crippen molar-refractivity contribution in [1.29, 1.82) is 0 Å². The molecule has 0 aliphatic carbocycles. The predicted molar refractivity (Wildman–Crippen MR) is 90.9 cm³/mol. The molecule has 0 radical (unpaired) electrons. The summed E-state index contributed by atoms with van der Waals surface area (Å²) in [6.07, 6.45) is 1.84. The normalized spacial score (nSPS) is 23.0. The minimum absolute atomic E-state index is 0.0120. The SMILES string of the molecule is O=C1c2ccccc2N[C@@H](c2ccc(O)cc2)N1C[C@@H]1CCCO1. The first kappa shape index (κ1) is 15.0. The fraction of sp³-hybridized carbons (Fsp3) is 0.316. The third-order valence-corrected chi connectivity index (χ3v) is 4.66. The molecule has 1 amide bonds. The maximum absolute atomic E-state index is 13.0. The molecule has 1 fully saturated rings. The maximum Gasteiger partial charge on any atom is 0.257 e. The van der Waals surface area contributed by atoms with Crippen molar-refractivity contribution in [2.24, 2.45) is 0 Å². The van der Waals surface area contributed by atoms with Gasteiger partial charge < -0.3 is 20.1 Å². The van der Waals surface area contributed by atoms with Crippen molar-refractivity contribution in [3.8, 4) is 5.75 Å².